The second kappa shape index (κ2) is 9.09. The molecular formula is C61H33NO2. The van der Waals surface area contributed by atoms with Crippen molar-refractivity contribution in [3.05, 3.63) is 175 Å². The summed E-state index contributed by atoms with van der Waals surface area (Å²) < 4.78 is 13.6. The lowest BCUT2D eigenvalue weighted by Gasteiger charge is -2.51. The van der Waals surface area contributed by atoms with Gasteiger partial charge in [0.25, 0.3) is 0 Å². The summed E-state index contributed by atoms with van der Waals surface area (Å²) in [7, 11) is 2.43. The Labute approximate surface area is 365 Å². The third-order valence-electron chi connectivity index (χ3n) is 18.6. The van der Waals surface area contributed by atoms with Gasteiger partial charge in [0.2, 0.25) is 0 Å². The van der Waals surface area contributed by atoms with Crippen molar-refractivity contribution in [2.24, 2.45) is 0 Å². The first-order valence-electron chi connectivity index (χ1n) is 23.4. The van der Waals surface area contributed by atoms with E-state index >= 15 is 0 Å². The Morgan fingerprint density at radius 3 is 2.09 bits per heavy atom. The van der Waals surface area contributed by atoms with Crippen LogP contribution in [-0.4, -0.2) is 18.5 Å². The van der Waals surface area contributed by atoms with Crippen molar-refractivity contribution in [3.63, 3.8) is 0 Å². The van der Waals surface area contributed by atoms with Crippen LogP contribution in [0.4, 0.5) is 0 Å². The molecule has 8 aliphatic rings. The third-order valence-corrected chi connectivity index (χ3v) is 18.6. The number of ether oxygens (including phenoxy) is 2. The molecule has 1 saturated heterocycles. The lowest BCUT2D eigenvalue weighted by Crippen LogP contribution is -2.51. The van der Waals surface area contributed by atoms with Crippen molar-refractivity contribution in [1.82, 2.24) is 4.90 Å². The van der Waals surface area contributed by atoms with Crippen LogP contribution in [0.5, 0.6) is 17.2 Å². The summed E-state index contributed by atoms with van der Waals surface area (Å²) in [6.45, 7) is 1.42. The Hall–Kier alpha value is -7.20. The molecule has 1 aliphatic heterocycles. The summed E-state index contributed by atoms with van der Waals surface area (Å²) in [5.74, 6) is 2.34. The van der Waals surface area contributed by atoms with Crippen molar-refractivity contribution in [1.29, 1.82) is 0 Å². The summed E-state index contributed by atoms with van der Waals surface area (Å²) in [6.07, 6.45) is 11.2. The highest BCUT2D eigenvalue weighted by Crippen LogP contribution is 2.78. The van der Waals surface area contributed by atoms with E-state index in [1.54, 1.807) is 130 Å². The van der Waals surface area contributed by atoms with E-state index in [4.69, 9.17) is 9.47 Å². The lowest BCUT2D eigenvalue weighted by molar-refractivity contribution is 0.265. The highest BCUT2D eigenvalue weighted by molar-refractivity contribution is 6.58. The standard InChI is InChI=1S/C61H33NO2/c1-62-25-60-35-20-33-18-30-14-28-16-32-17-29-15-31-19-34-21-36(23-35)61(60,59(62)27-12-13-38(64-37-10-6-3-7-11-37)39(22-27)63-24-26-8-4-2-5-9-26)58-46(34)50-43(31)41(29)48-44(32)47-40(28)42(30)49-45(33)57(60)55-53(49)51(47)52(48)54(50)56(55)58/h2-13,16,18-23,59H,14-15,17,24-25H2,1H3. The number of likely N-dealkylation sites (tertiary alicyclic amines) is 1. The molecule has 3 atom stereocenters. The first-order valence-corrected chi connectivity index (χ1v) is 23.4. The maximum atomic E-state index is 6.89. The molecule has 294 valence electrons. The van der Waals surface area contributed by atoms with Gasteiger partial charge in [0.15, 0.2) is 11.5 Å². The Morgan fingerprint density at radius 2 is 1.23 bits per heavy atom. The van der Waals surface area contributed by atoms with Crippen LogP contribution in [0.25, 0.3) is 104 Å². The minimum Gasteiger partial charge on any atom is -0.485 e. The fraction of sp³-hybridized carbons (Fsp3) is 0.148. The Bertz CT molecular complexity index is 4570. The zero-order valence-electron chi connectivity index (χ0n) is 34.8. The van der Waals surface area contributed by atoms with Gasteiger partial charge in [-0.2, -0.15) is 0 Å². The summed E-state index contributed by atoms with van der Waals surface area (Å²) >= 11 is 0. The summed E-state index contributed by atoms with van der Waals surface area (Å²) in [6, 6.07) is 35.6. The fourth-order valence-electron chi connectivity index (χ4n) is 17.2. The molecule has 1 heterocycles. The number of allylic oxidation sites excluding steroid dienone is 1. The minimum absolute atomic E-state index is 0.0497. The molecule has 12 aromatic carbocycles. The number of rotatable bonds is 6. The van der Waals surface area contributed by atoms with Gasteiger partial charge in [-0.3, -0.25) is 4.90 Å². The van der Waals surface area contributed by atoms with E-state index in [0.717, 1.165) is 48.6 Å². The van der Waals surface area contributed by atoms with Crippen LogP contribution < -0.4 is 19.9 Å². The predicted octanol–water partition coefficient (Wildman–Crippen LogP) is 11.9. The average molecular weight is 812 g/mol. The summed E-state index contributed by atoms with van der Waals surface area (Å²) in [4.78, 5) is 2.75. The molecule has 12 aromatic rings. The zero-order chi connectivity index (χ0) is 40.6. The van der Waals surface area contributed by atoms with Crippen molar-refractivity contribution in [3.8, 4) is 17.2 Å². The molecule has 1 fully saturated rings. The number of para-hydroxylation sites is 1. The molecule has 3 nitrogen and oxygen atoms in total. The largest absolute Gasteiger partial charge is 0.485 e. The first-order chi connectivity index (χ1) is 31.6. The maximum Gasteiger partial charge on any atom is 0.169 e. The van der Waals surface area contributed by atoms with Crippen LogP contribution in [-0.2, 0) is 36.7 Å². The number of benzene rings is 9. The van der Waals surface area contributed by atoms with Gasteiger partial charge in [-0.05, 0) is 208 Å². The van der Waals surface area contributed by atoms with Crippen LogP contribution in [0, 0.1) is 0 Å². The van der Waals surface area contributed by atoms with Gasteiger partial charge < -0.3 is 9.47 Å². The molecule has 0 radical (unpaired) electrons. The average Bonchev–Trinajstić information content (AvgIpc) is 4.16. The molecule has 0 amide bonds. The molecule has 0 bridgehead atoms. The van der Waals surface area contributed by atoms with E-state index in [9.17, 15) is 0 Å². The van der Waals surface area contributed by atoms with E-state index in [-0.39, 0.29) is 16.9 Å². The Morgan fingerprint density at radius 1 is 0.547 bits per heavy atom. The number of likely N-dealkylation sites (N-methyl/N-ethyl adjacent to an activating group) is 1. The van der Waals surface area contributed by atoms with E-state index in [2.05, 4.69) is 96.9 Å². The smallest absolute Gasteiger partial charge is 0.169 e. The van der Waals surface area contributed by atoms with E-state index in [1.807, 2.05) is 30.3 Å². The van der Waals surface area contributed by atoms with Crippen molar-refractivity contribution < 1.29 is 9.47 Å². The molecular weight excluding hydrogens is 779 g/mol. The monoisotopic (exact) mass is 811 g/mol. The maximum absolute atomic E-state index is 6.89. The lowest BCUT2D eigenvalue weighted by atomic mass is 9.49. The van der Waals surface area contributed by atoms with Crippen molar-refractivity contribution in [2.45, 2.75) is 42.7 Å². The molecule has 64 heavy (non-hydrogen) atoms. The van der Waals surface area contributed by atoms with E-state index in [0.29, 0.717) is 6.61 Å². The van der Waals surface area contributed by atoms with E-state index in [1.165, 1.54) is 27.5 Å². The van der Waals surface area contributed by atoms with Gasteiger partial charge in [0.05, 0.1) is 5.41 Å². The number of hydrogen-bond donors (Lipinski definition) is 0. The van der Waals surface area contributed by atoms with Crippen LogP contribution >= 0.6 is 0 Å². The minimum atomic E-state index is -0.340. The van der Waals surface area contributed by atoms with Gasteiger partial charge in [0.1, 0.15) is 12.4 Å². The SMILES string of the molecule is CN1CC23C4=CC5=Cc6cc7c8c9c%10c%11c(cc%12c%13c%14c(cc(c%15c2c2c%16c(c6c8c%16c%10c(c%13%11)c2c%15%14)C53C1c1ccc(Oc2ccccc2)c(OCc2ccccc2)c1)=C4)C%12)CC=9C7. The van der Waals surface area contributed by atoms with Gasteiger partial charge >= 0.3 is 0 Å². The second-order valence-electron chi connectivity index (χ2n) is 21.0. The molecule has 3 heteroatoms. The fourth-order valence-corrected chi connectivity index (χ4v) is 17.2. The topological polar surface area (TPSA) is 21.7 Å². The van der Waals surface area contributed by atoms with Crippen LogP contribution in [0.2, 0.25) is 0 Å². The normalized spacial score (nSPS) is 23.4. The predicted molar refractivity (Wildman–Crippen MR) is 258 cm³/mol. The van der Waals surface area contributed by atoms with Crippen molar-refractivity contribution >= 4 is 104 Å². The zero-order valence-corrected chi connectivity index (χ0v) is 34.8. The van der Waals surface area contributed by atoms with Gasteiger partial charge in [-0.25, -0.2) is 0 Å². The molecule has 0 N–H and O–H groups in total. The van der Waals surface area contributed by atoms with Crippen LogP contribution in [0.3, 0.4) is 0 Å². The van der Waals surface area contributed by atoms with Crippen LogP contribution in [0.15, 0.2) is 114 Å². The van der Waals surface area contributed by atoms with E-state index < -0.39 is 0 Å². The quantitative estimate of drug-likeness (QED) is 0.156. The highest BCUT2D eigenvalue weighted by atomic mass is 16.5. The number of hydrogen-bond acceptors (Lipinski definition) is 3. The van der Waals surface area contributed by atoms with Gasteiger partial charge in [-0.15, -0.1) is 0 Å². The van der Waals surface area contributed by atoms with Gasteiger partial charge in [-0.1, -0.05) is 96.6 Å². The van der Waals surface area contributed by atoms with Gasteiger partial charge in [0, 0.05) is 18.0 Å². The Kier molecular flexibility index (Phi) is 4.37. The van der Waals surface area contributed by atoms with Crippen molar-refractivity contribution in [2.75, 3.05) is 13.6 Å². The molecule has 3 unspecified atom stereocenters. The summed E-state index contributed by atoms with van der Waals surface area (Å²) in [5, 5.41) is 28.5. The molecule has 0 aromatic heterocycles. The summed E-state index contributed by atoms with van der Waals surface area (Å²) in [5.41, 5.74) is 17.5. The third kappa shape index (κ3) is 2.69. The van der Waals surface area contributed by atoms with Crippen LogP contribution in [0.1, 0.15) is 56.1 Å². The first kappa shape index (κ1) is 30.8. The number of nitrogens with zero attached hydrogens (tertiary/aromatic N) is 1. The molecule has 20 rings (SSSR count). The Balaban J connectivity index is 0.977. The highest BCUT2D eigenvalue weighted by Gasteiger charge is 2.73. The molecule has 7 aliphatic carbocycles. The molecule has 2 spiro atoms. The second-order valence-corrected chi connectivity index (χ2v) is 21.0. The molecule has 0 saturated carbocycles.